The van der Waals surface area contributed by atoms with E-state index in [-0.39, 0.29) is 5.41 Å². The first kappa shape index (κ1) is 9.46. The van der Waals surface area contributed by atoms with E-state index in [4.69, 9.17) is 17.3 Å². The summed E-state index contributed by atoms with van der Waals surface area (Å²) in [6.45, 7) is 0.559. The minimum Gasteiger partial charge on any atom is -0.387 e. The zero-order valence-electron chi connectivity index (χ0n) is 7.16. The van der Waals surface area contributed by atoms with Gasteiger partial charge in [-0.15, -0.1) is 11.3 Å². The molecule has 0 aromatic carbocycles. The van der Waals surface area contributed by atoms with Gasteiger partial charge in [-0.05, 0) is 18.9 Å². The Morgan fingerprint density at radius 2 is 2.38 bits per heavy atom. The second-order valence-corrected chi connectivity index (χ2v) is 5.02. The highest BCUT2D eigenvalue weighted by molar-refractivity contribution is 7.10. The van der Waals surface area contributed by atoms with Crippen molar-refractivity contribution in [2.75, 3.05) is 6.54 Å². The lowest BCUT2D eigenvalue weighted by Crippen LogP contribution is -2.22. The zero-order valence-corrected chi connectivity index (χ0v) is 8.74. The molecule has 2 rings (SSSR count). The molecule has 1 aliphatic carbocycles. The minimum atomic E-state index is -0.421. The van der Waals surface area contributed by atoms with Gasteiger partial charge in [-0.2, -0.15) is 0 Å². The van der Waals surface area contributed by atoms with Gasteiger partial charge in [-0.25, -0.2) is 0 Å². The van der Waals surface area contributed by atoms with Crippen LogP contribution in [0.2, 0.25) is 5.02 Å². The summed E-state index contributed by atoms with van der Waals surface area (Å²) in [6.07, 6.45) is 1.63. The first-order valence-electron chi connectivity index (χ1n) is 4.30. The molecule has 1 unspecified atom stereocenters. The van der Waals surface area contributed by atoms with E-state index < -0.39 is 6.10 Å². The van der Waals surface area contributed by atoms with Crippen LogP contribution in [0.5, 0.6) is 0 Å². The van der Waals surface area contributed by atoms with Crippen LogP contribution in [0.4, 0.5) is 0 Å². The molecule has 0 amide bonds. The molecule has 0 bridgehead atoms. The SMILES string of the molecule is NCC1(C(O)c2cc(Cl)cs2)CC1. The third-order valence-corrected chi connectivity index (χ3v) is 4.07. The van der Waals surface area contributed by atoms with Crippen molar-refractivity contribution in [2.45, 2.75) is 18.9 Å². The number of aliphatic hydroxyl groups is 1. The summed E-state index contributed by atoms with van der Waals surface area (Å²) >= 11 is 7.29. The summed E-state index contributed by atoms with van der Waals surface area (Å²) in [7, 11) is 0. The number of halogens is 1. The molecule has 1 heterocycles. The van der Waals surface area contributed by atoms with E-state index in [1.165, 1.54) is 11.3 Å². The first-order valence-corrected chi connectivity index (χ1v) is 5.56. The molecule has 3 N–H and O–H groups in total. The third kappa shape index (κ3) is 1.62. The van der Waals surface area contributed by atoms with Crippen LogP contribution in [0, 0.1) is 5.41 Å². The first-order chi connectivity index (χ1) is 6.18. The monoisotopic (exact) mass is 217 g/mol. The Labute approximate surface area is 86.3 Å². The van der Waals surface area contributed by atoms with Crippen molar-refractivity contribution in [3.8, 4) is 0 Å². The average Bonchev–Trinajstić information content (AvgIpc) is 2.82. The third-order valence-electron chi connectivity index (χ3n) is 2.74. The van der Waals surface area contributed by atoms with Gasteiger partial charge in [0.15, 0.2) is 0 Å². The quantitative estimate of drug-likeness (QED) is 0.815. The van der Waals surface area contributed by atoms with E-state index in [2.05, 4.69) is 0 Å². The lowest BCUT2D eigenvalue weighted by atomic mass is 9.98. The molecule has 1 aromatic rings. The molecular formula is C9H12ClNOS. The van der Waals surface area contributed by atoms with Crippen molar-refractivity contribution >= 4 is 22.9 Å². The van der Waals surface area contributed by atoms with Crippen LogP contribution in [0.3, 0.4) is 0 Å². The highest BCUT2D eigenvalue weighted by atomic mass is 35.5. The molecule has 1 fully saturated rings. The summed E-state index contributed by atoms with van der Waals surface area (Å²) < 4.78 is 0. The van der Waals surface area contributed by atoms with Crippen molar-refractivity contribution in [1.82, 2.24) is 0 Å². The Morgan fingerprint density at radius 1 is 1.69 bits per heavy atom. The van der Waals surface area contributed by atoms with Crippen LogP contribution in [0.25, 0.3) is 0 Å². The average molecular weight is 218 g/mol. The van der Waals surface area contributed by atoms with Crippen LogP contribution in [-0.4, -0.2) is 11.7 Å². The van der Waals surface area contributed by atoms with E-state index >= 15 is 0 Å². The Hall–Kier alpha value is -0.0900. The zero-order chi connectivity index (χ0) is 9.47. The van der Waals surface area contributed by atoms with E-state index in [1.807, 2.05) is 11.4 Å². The van der Waals surface area contributed by atoms with Crippen LogP contribution in [-0.2, 0) is 0 Å². The molecule has 13 heavy (non-hydrogen) atoms. The van der Waals surface area contributed by atoms with Gasteiger partial charge in [0.05, 0.1) is 11.1 Å². The number of aliphatic hydroxyl groups excluding tert-OH is 1. The summed E-state index contributed by atoms with van der Waals surface area (Å²) in [5, 5.41) is 12.5. The van der Waals surface area contributed by atoms with Gasteiger partial charge in [0.1, 0.15) is 0 Å². The van der Waals surface area contributed by atoms with Crippen LogP contribution < -0.4 is 5.73 Å². The predicted octanol–water partition coefficient (Wildman–Crippen LogP) is 2.17. The number of rotatable bonds is 3. The smallest absolute Gasteiger partial charge is 0.0950 e. The molecule has 0 saturated heterocycles. The summed E-state index contributed by atoms with van der Waals surface area (Å²) in [5.74, 6) is 0. The Morgan fingerprint density at radius 3 is 2.77 bits per heavy atom. The lowest BCUT2D eigenvalue weighted by molar-refractivity contribution is 0.101. The maximum absolute atomic E-state index is 10.00. The highest BCUT2D eigenvalue weighted by Gasteiger charge is 2.48. The van der Waals surface area contributed by atoms with Gasteiger partial charge < -0.3 is 10.8 Å². The van der Waals surface area contributed by atoms with Crippen LogP contribution in [0.1, 0.15) is 23.8 Å². The second-order valence-electron chi connectivity index (χ2n) is 3.64. The van der Waals surface area contributed by atoms with Gasteiger partial charge in [-0.1, -0.05) is 11.6 Å². The molecule has 72 valence electrons. The predicted molar refractivity (Wildman–Crippen MR) is 55.0 cm³/mol. The van der Waals surface area contributed by atoms with E-state index in [0.717, 1.165) is 17.7 Å². The molecule has 0 spiro atoms. The van der Waals surface area contributed by atoms with E-state index in [1.54, 1.807) is 0 Å². The van der Waals surface area contributed by atoms with Gasteiger partial charge in [0.2, 0.25) is 0 Å². The summed E-state index contributed by atoms with van der Waals surface area (Å²) in [4.78, 5) is 0.938. The van der Waals surface area contributed by atoms with Gasteiger partial charge in [-0.3, -0.25) is 0 Å². The standard InChI is InChI=1S/C9H12ClNOS/c10-6-3-7(13-4-6)8(12)9(5-11)1-2-9/h3-4,8,12H,1-2,5,11H2. The van der Waals surface area contributed by atoms with E-state index in [9.17, 15) is 5.11 Å². The number of thiophene rings is 1. The van der Waals surface area contributed by atoms with Crippen molar-refractivity contribution in [3.63, 3.8) is 0 Å². The molecule has 0 radical (unpaired) electrons. The molecule has 1 aliphatic rings. The van der Waals surface area contributed by atoms with E-state index in [0.29, 0.717) is 11.6 Å². The molecule has 4 heteroatoms. The molecular weight excluding hydrogens is 206 g/mol. The maximum Gasteiger partial charge on any atom is 0.0950 e. The van der Waals surface area contributed by atoms with Crippen LogP contribution in [0.15, 0.2) is 11.4 Å². The normalized spacial score (nSPS) is 21.5. The Balaban J connectivity index is 2.17. The van der Waals surface area contributed by atoms with Gasteiger partial charge >= 0.3 is 0 Å². The van der Waals surface area contributed by atoms with Crippen molar-refractivity contribution in [1.29, 1.82) is 0 Å². The topological polar surface area (TPSA) is 46.2 Å². The Bertz CT molecular complexity index is 308. The molecule has 1 atom stereocenters. The maximum atomic E-state index is 10.00. The fourth-order valence-corrected chi connectivity index (χ4v) is 2.73. The van der Waals surface area contributed by atoms with Gasteiger partial charge in [0.25, 0.3) is 0 Å². The Kier molecular flexibility index (Phi) is 2.36. The lowest BCUT2D eigenvalue weighted by Gasteiger charge is -2.18. The van der Waals surface area contributed by atoms with Crippen LogP contribution >= 0.6 is 22.9 Å². The molecule has 0 aliphatic heterocycles. The number of nitrogens with two attached hydrogens (primary N) is 1. The number of hydrogen-bond acceptors (Lipinski definition) is 3. The minimum absolute atomic E-state index is 0.0474. The molecule has 2 nitrogen and oxygen atoms in total. The number of hydrogen-bond donors (Lipinski definition) is 2. The summed E-state index contributed by atoms with van der Waals surface area (Å²) in [6, 6.07) is 1.83. The molecule has 1 saturated carbocycles. The van der Waals surface area contributed by atoms with Gasteiger partial charge in [0, 0.05) is 22.2 Å². The highest BCUT2D eigenvalue weighted by Crippen LogP contribution is 2.55. The van der Waals surface area contributed by atoms with Crippen molar-refractivity contribution in [2.24, 2.45) is 11.1 Å². The largest absolute Gasteiger partial charge is 0.387 e. The molecule has 1 aromatic heterocycles. The fourth-order valence-electron chi connectivity index (χ4n) is 1.52. The van der Waals surface area contributed by atoms with Crippen molar-refractivity contribution in [3.05, 3.63) is 21.3 Å². The summed E-state index contributed by atoms with van der Waals surface area (Å²) in [5.41, 5.74) is 5.58. The fraction of sp³-hybridized carbons (Fsp3) is 0.556. The van der Waals surface area contributed by atoms with Crippen molar-refractivity contribution < 1.29 is 5.11 Å². The second kappa shape index (κ2) is 3.24.